The SMILES string of the molecule is CC(CO)CNC1CCN(c2ccccc2)CC1. The topological polar surface area (TPSA) is 35.5 Å². The fourth-order valence-corrected chi connectivity index (χ4v) is 2.41. The van der Waals surface area contributed by atoms with E-state index in [0.29, 0.717) is 12.0 Å². The molecule has 100 valence electrons. The zero-order chi connectivity index (χ0) is 12.8. The second kappa shape index (κ2) is 6.76. The lowest BCUT2D eigenvalue weighted by molar-refractivity contribution is 0.227. The molecule has 0 aromatic heterocycles. The molecule has 0 radical (unpaired) electrons. The Bertz CT molecular complexity index is 334. The number of hydrogen-bond donors (Lipinski definition) is 2. The number of rotatable bonds is 5. The van der Waals surface area contributed by atoms with Gasteiger partial charge in [-0.05, 0) is 30.9 Å². The van der Waals surface area contributed by atoms with E-state index in [9.17, 15) is 0 Å². The molecule has 3 nitrogen and oxygen atoms in total. The molecule has 1 atom stereocenters. The summed E-state index contributed by atoms with van der Waals surface area (Å²) in [5, 5.41) is 12.6. The van der Waals surface area contributed by atoms with E-state index in [1.54, 1.807) is 0 Å². The second-order valence-electron chi connectivity index (χ2n) is 5.29. The van der Waals surface area contributed by atoms with Gasteiger partial charge in [0.25, 0.3) is 0 Å². The third-order valence-corrected chi connectivity index (χ3v) is 3.68. The normalized spacial score (nSPS) is 18.9. The highest BCUT2D eigenvalue weighted by atomic mass is 16.3. The quantitative estimate of drug-likeness (QED) is 0.835. The Morgan fingerprint density at radius 2 is 1.94 bits per heavy atom. The highest BCUT2D eigenvalue weighted by molar-refractivity contribution is 5.46. The summed E-state index contributed by atoms with van der Waals surface area (Å²) in [5.74, 6) is 0.358. The number of hydrogen-bond acceptors (Lipinski definition) is 3. The summed E-state index contributed by atoms with van der Waals surface area (Å²) in [4.78, 5) is 2.45. The van der Waals surface area contributed by atoms with Crippen molar-refractivity contribution in [2.75, 3.05) is 31.1 Å². The van der Waals surface area contributed by atoms with Crippen LogP contribution in [-0.2, 0) is 0 Å². The number of aliphatic hydroxyl groups is 1. The van der Waals surface area contributed by atoms with Crippen molar-refractivity contribution in [2.45, 2.75) is 25.8 Å². The molecular formula is C15H24N2O. The first-order valence-electron chi connectivity index (χ1n) is 6.94. The zero-order valence-electron chi connectivity index (χ0n) is 11.2. The fraction of sp³-hybridized carbons (Fsp3) is 0.600. The Balaban J connectivity index is 1.75. The minimum Gasteiger partial charge on any atom is -0.396 e. The molecule has 0 amide bonds. The van der Waals surface area contributed by atoms with Gasteiger partial charge in [0.1, 0.15) is 0 Å². The van der Waals surface area contributed by atoms with Gasteiger partial charge in [-0.15, -0.1) is 0 Å². The maximum Gasteiger partial charge on any atom is 0.0468 e. The molecule has 1 saturated heterocycles. The molecule has 1 heterocycles. The molecule has 2 N–H and O–H groups in total. The van der Waals surface area contributed by atoms with Crippen LogP contribution in [0.2, 0.25) is 0 Å². The number of aliphatic hydroxyl groups excluding tert-OH is 1. The van der Waals surface area contributed by atoms with Crippen LogP contribution in [0.25, 0.3) is 0 Å². The molecular weight excluding hydrogens is 224 g/mol. The first-order chi connectivity index (χ1) is 8.79. The maximum absolute atomic E-state index is 9.01. The van der Waals surface area contributed by atoms with Crippen LogP contribution >= 0.6 is 0 Å². The molecule has 18 heavy (non-hydrogen) atoms. The Hall–Kier alpha value is -1.06. The Kier molecular flexibility index (Phi) is 5.02. The molecule has 0 bridgehead atoms. The van der Waals surface area contributed by atoms with E-state index >= 15 is 0 Å². The summed E-state index contributed by atoms with van der Waals surface area (Å²) in [6.45, 7) is 5.51. The van der Waals surface area contributed by atoms with E-state index in [0.717, 1.165) is 19.6 Å². The van der Waals surface area contributed by atoms with E-state index < -0.39 is 0 Å². The third kappa shape index (κ3) is 3.72. The van der Waals surface area contributed by atoms with Crippen LogP contribution in [0.5, 0.6) is 0 Å². The third-order valence-electron chi connectivity index (χ3n) is 3.68. The molecule has 0 spiro atoms. The lowest BCUT2D eigenvalue weighted by atomic mass is 10.0. The monoisotopic (exact) mass is 248 g/mol. The average molecular weight is 248 g/mol. The summed E-state index contributed by atoms with van der Waals surface area (Å²) in [6.07, 6.45) is 2.38. The van der Waals surface area contributed by atoms with Gasteiger partial charge in [-0.25, -0.2) is 0 Å². The number of nitrogens with one attached hydrogen (secondary N) is 1. The largest absolute Gasteiger partial charge is 0.396 e. The standard InChI is InChI=1S/C15H24N2O/c1-13(12-18)11-16-14-7-9-17(10-8-14)15-5-3-2-4-6-15/h2-6,13-14,16,18H,7-12H2,1H3. The van der Waals surface area contributed by atoms with Gasteiger partial charge in [-0.3, -0.25) is 0 Å². The van der Waals surface area contributed by atoms with E-state index in [2.05, 4.69) is 47.5 Å². The van der Waals surface area contributed by atoms with Gasteiger partial charge in [0.15, 0.2) is 0 Å². The summed E-state index contributed by atoms with van der Waals surface area (Å²) >= 11 is 0. The number of piperidine rings is 1. The lowest BCUT2D eigenvalue weighted by Crippen LogP contribution is -2.44. The van der Waals surface area contributed by atoms with Crippen LogP contribution in [0, 0.1) is 5.92 Å². The van der Waals surface area contributed by atoms with Crippen molar-refractivity contribution in [3.8, 4) is 0 Å². The molecule has 0 saturated carbocycles. The Morgan fingerprint density at radius 1 is 1.28 bits per heavy atom. The summed E-state index contributed by atoms with van der Waals surface area (Å²) in [6, 6.07) is 11.2. The number of para-hydroxylation sites is 1. The lowest BCUT2D eigenvalue weighted by Gasteiger charge is -2.34. The van der Waals surface area contributed by atoms with Crippen molar-refractivity contribution in [3.05, 3.63) is 30.3 Å². The van der Waals surface area contributed by atoms with Gasteiger partial charge >= 0.3 is 0 Å². The molecule has 1 unspecified atom stereocenters. The molecule has 1 aromatic carbocycles. The highest BCUT2D eigenvalue weighted by Crippen LogP contribution is 2.19. The van der Waals surface area contributed by atoms with Crippen molar-refractivity contribution < 1.29 is 5.11 Å². The van der Waals surface area contributed by atoms with Crippen LogP contribution in [0.3, 0.4) is 0 Å². The number of benzene rings is 1. The van der Waals surface area contributed by atoms with E-state index in [1.165, 1.54) is 18.5 Å². The van der Waals surface area contributed by atoms with Crippen molar-refractivity contribution in [1.29, 1.82) is 0 Å². The zero-order valence-corrected chi connectivity index (χ0v) is 11.2. The number of anilines is 1. The molecule has 1 fully saturated rings. The van der Waals surface area contributed by atoms with Gasteiger partial charge in [-0.1, -0.05) is 25.1 Å². The Morgan fingerprint density at radius 3 is 2.56 bits per heavy atom. The van der Waals surface area contributed by atoms with Crippen molar-refractivity contribution in [2.24, 2.45) is 5.92 Å². The van der Waals surface area contributed by atoms with Gasteiger partial charge in [0.05, 0.1) is 0 Å². The summed E-state index contributed by atoms with van der Waals surface area (Å²) < 4.78 is 0. The minimum absolute atomic E-state index is 0.274. The fourth-order valence-electron chi connectivity index (χ4n) is 2.41. The smallest absolute Gasteiger partial charge is 0.0468 e. The first kappa shape index (κ1) is 13.4. The van der Waals surface area contributed by atoms with Gasteiger partial charge in [-0.2, -0.15) is 0 Å². The molecule has 2 rings (SSSR count). The van der Waals surface area contributed by atoms with Crippen LogP contribution in [0.15, 0.2) is 30.3 Å². The summed E-state index contributed by atoms with van der Waals surface area (Å²) in [7, 11) is 0. The van der Waals surface area contributed by atoms with Crippen LogP contribution in [0.4, 0.5) is 5.69 Å². The van der Waals surface area contributed by atoms with Crippen molar-refractivity contribution in [3.63, 3.8) is 0 Å². The second-order valence-corrected chi connectivity index (χ2v) is 5.29. The maximum atomic E-state index is 9.01. The van der Waals surface area contributed by atoms with E-state index in [1.807, 2.05) is 0 Å². The predicted molar refractivity (Wildman–Crippen MR) is 75.9 cm³/mol. The highest BCUT2D eigenvalue weighted by Gasteiger charge is 2.19. The first-order valence-corrected chi connectivity index (χ1v) is 6.94. The average Bonchev–Trinajstić information content (AvgIpc) is 2.46. The van der Waals surface area contributed by atoms with Crippen LogP contribution < -0.4 is 10.2 Å². The van der Waals surface area contributed by atoms with Gasteiger partial charge < -0.3 is 15.3 Å². The van der Waals surface area contributed by atoms with Gasteiger partial charge in [0.2, 0.25) is 0 Å². The van der Waals surface area contributed by atoms with Crippen molar-refractivity contribution in [1.82, 2.24) is 5.32 Å². The van der Waals surface area contributed by atoms with E-state index in [-0.39, 0.29) is 6.61 Å². The number of nitrogens with zero attached hydrogens (tertiary/aromatic N) is 1. The van der Waals surface area contributed by atoms with E-state index in [4.69, 9.17) is 5.11 Å². The van der Waals surface area contributed by atoms with Crippen LogP contribution in [0.1, 0.15) is 19.8 Å². The van der Waals surface area contributed by atoms with Crippen LogP contribution in [-0.4, -0.2) is 37.4 Å². The van der Waals surface area contributed by atoms with Gasteiger partial charge in [0, 0.05) is 38.0 Å². The minimum atomic E-state index is 0.274. The summed E-state index contributed by atoms with van der Waals surface area (Å²) in [5.41, 5.74) is 1.33. The van der Waals surface area contributed by atoms with Crippen molar-refractivity contribution >= 4 is 5.69 Å². The molecule has 1 aliphatic rings. The molecule has 3 heteroatoms. The molecule has 1 aromatic rings. The molecule has 0 aliphatic carbocycles. The Labute approximate surface area is 110 Å². The predicted octanol–water partition coefficient (Wildman–Crippen LogP) is 1.87. The molecule has 1 aliphatic heterocycles.